The molecule has 0 bridgehead atoms. The van der Waals surface area contributed by atoms with E-state index >= 15 is 0 Å². The van der Waals surface area contributed by atoms with Crippen LogP contribution in [0.1, 0.15) is 5.69 Å². The summed E-state index contributed by atoms with van der Waals surface area (Å²) >= 11 is 0. The quantitative estimate of drug-likeness (QED) is 0.611. The number of hydrogen-bond donors (Lipinski definition) is 0. The van der Waals surface area contributed by atoms with Crippen molar-refractivity contribution in [1.82, 2.24) is 4.98 Å². The fourth-order valence-corrected chi connectivity index (χ4v) is 1.65. The molecular weight excluding hydrogens is 247 g/mol. The highest BCUT2D eigenvalue weighted by molar-refractivity contribution is 5.88. The normalized spacial score (nSPS) is 10.7. The molecule has 0 atom stereocenters. The number of rotatable bonds is 2. The molecule has 18 heavy (non-hydrogen) atoms. The van der Waals surface area contributed by atoms with Crippen LogP contribution in [0.4, 0.5) is 13.2 Å². The van der Waals surface area contributed by atoms with Crippen LogP contribution in [-0.2, 0) is 16.0 Å². The van der Waals surface area contributed by atoms with E-state index in [2.05, 4.69) is 9.72 Å². The Morgan fingerprint density at radius 3 is 2.72 bits per heavy atom. The predicted octanol–water partition coefficient (Wildman–Crippen LogP) is 2.37. The number of benzene rings is 1. The number of nitrogens with zero attached hydrogens (tertiary/aromatic N) is 1. The maximum Gasteiger partial charge on any atom is 0.311 e. The number of ether oxygens (including phenoxy) is 1. The van der Waals surface area contributed by atoms with Crippen LogP contribution in [0.15, 0.2) is 18.3 Å². The second-order valence-electron chi connectivity index (χ2n) is 3.60. The summed E-state index contributed by atoms with van der Waals surface area (Å²) in [6.45, 7) is 0. The van der Waals surface area contributed by atoms with Gasteiger partial charge in [-0.25, -0.2) is 13.2 Å². The molecule has 6 heteroatoms. The maximum absolute atomic E-state index is 13.7. The minimum absolute atomic E-state index is 0.00995. The van der Waals surface area contributed by atoms with E-state index in [9.17, 15) is 18.0 Å². The zero-order valence-electron chi connectivity index (χ0n) is 9.34. The first-order valence-corrected chi connectivity index (χ1v) is 5.02. The highest BCUT2D eigenvalue weighted by atomic mass is 19.2. The lowest BCUT2D eigenvalue weighted by atomic mass is 10.1. The first-order valence-electron chi connectivity index (χ1n) is 5.02. The summed E-state index contributed by atoms with van der Waals surface area (Å²) in [5, 5.41) is -0.0675. The molecule has 3 nitrogen and oxygen atoms in total. The van der Waals surface area contributed by atoms with Gasteiger partial charge in [0.05, 0.1) is 19.2 Å². The molecule has 0 aliphatic heterocycles. The van der Waals surface area contributed by atoms with E-state index in [1.165, 1.54) is 19.4 Å². The van der Waals surface area contributed by atoms with Crippen LogP contribution in [0.25, 0.3) is 10.8 Å². The minimum atomic E-state index is -1.58. The Kier molecular flexibility index (Phi) is 3.18. The van der Waals surface area contributed by atoms with Crippen molar-refractivity contribution in [3.8, 4) is 0 Å². The Balaban J connectivity index is 2.68. The van der Waals surface area contributed by atoms with E-state index in [0.29, 0.717) is 0 Å². The maximum atomic E-state index is 13.7. The fraction of sp³-hybridized carbons (Fsp3) is 0.167. The molecule has 1 aromatic carbocycles. The largest absolute Gasteiger partial charge is 0.469 e. The monoisotopic (exact) mass is 255 g/mol. The lowest BCUT2D eigenvalue weighted by Crippen LogP contribution is -2.08. The first-order chi connectivity index (χ1) is 8.54. The Morgan fingerprint density at radius 2 is 2.06 bits per heavy atom. The molecule has 94 valence electrons. The van der Waals surface area contributed by atoms with Crippen molar-refractivity contribution < 1.29 is 22.7 Å². The molecule has 0 aliphatic carbocycles. The van der Waals surface area contributed by atoms with E-state index in [4.69, 9.17) is 0 Å². The molecule has 0 fully saturated rings. The zero-order chi connectivity index (χ0) is 13.3. The second kappa shape index (κ2) is 4.64. The predicted molar refractivity (Wildman–Crippen MR) is 57.3 cm³/mol. The highest BCUT2D eigenvalue weighted by Crippen LogP contribution is 2.25. The number of fused-ring (bicyclic) bond motifs is 1. The summed E-state index contributed by atoms with van der Waals surface area (Å²) in [5.74, 6) is -4.85. The molecule has 0 spiro atoms. The summed E-state index contributed by atoms with van der Waals surface area (Å²) in [4.78, 5) is 14.9. The van der Waals surface area contributed by atoms with Gasteiger partial charge >= 0.3 is 5.97 Å². The van der Waals surface area contributed by atoms with Gasteiger partial charge in [-0.3, -0.25) is 9.78 Å². The van der Waals surface area contributed by atoms with Crippen LogP contribution in [0, 0.1) is 17.5 Å². The van der Waals surface area contributed by atoms with Crippen molar-refractivity contribution in [2.45, 2.75) is 6.42 Å². The van der Waals surface area contributed by atoms with Gasteiger partial charge in [-0.2, -0.15) is 0 Å². The number of halogens is 3. The van der Waals surface area contributed by atoms with Crippen molar-refractivity contribution in [1.29, 1.82) is 0 Å². The SMILES string of the molecule is COC(=O)Cc1nccc2cc(F)c(F)c(F)c12. The highest BCUT2D eigenvalue weighted by Gasteiger charge is 2.18. The van der Waals surface area contributed by atoms with Gasteiger partial charge in [0.1, 0.15) is 0 Å². The van der Waals surface area contributed by atoms with Crippen molar-refractivity contribution in [3.05, 3.63) is 41.5 Å². The van der Waals surface area contributed by atoms with E-state index in [1.54, 1.807) is 0 Å². The van der Waals surface area contributed by atoms with Crippen LogP contribution in [0.2, 0.25) is 0 Å². The van der Waals surface area contributed by atoms with Crippen molar-refractivity contribution in [2.24, 2.45) is 0 Å². The number of carbonyl (C=O) groups is 1. The molecule has 0 radical (unpaired) electrons. The van der Waals surface area contributed by atoms with E-state index in [-0.39, 0.29) is 22.9 Å². The van der Waals surface area contributed by atoms with Gasteiger partial charge < -0.3 is 4.74 Å². The van der Waals surface area contributed by atoms with Crippen molar-refractivity contribution >= 4 is 16.7 Å². The van der Waals surface area contributed by atoms with E-state index < -0.39 is 23.4 Å². The van der Waals surface area contributed by atoms with Crippen LogP contribution < -0.4 is 0 Å². The first kappa shape index (κ1) is 12.3. The van der Waals surface area contributed by atoms with Gasteiger partial charge in [-0.05, 0) is 17.5 Å². The molecule has 1 heterocycles. The van der Waals surface area contributed by atoms with Crippen LogP contribution >= 0.6 is 0 Å². The molecule has 0 saturated carbocycles. The number of pyridine rings is 1. The smallest absolute Gasteiger partial charge is 0.311 e. The third kappa shape index (κ3) is 2.01. The molecule has 0 saturated heterocycles. The minimum Gasteiger partial charge on any atom is -0.469 e. The number of hydrogen-bond acceptors (Lipinski definition) is 3. The molecule has 2 rings (SSSR count). The number of carbonyl (C=O) groups excluding carboxylic acids is 1. The third-order valence-corrected chi connectivity index (χ3v) is 2.51. The average molecular weight is 255 g/mol. The Bertz CT molecular complexity index is 628. The number of esters is 1. The van der Waals surface area contributed by atoms with Gasteiger partial charge in [0.25, 0.3) is 0 Å². The Hall–Kier alpha value is -2.11. The lowest BCUT2D eigenvalue weighted by Gasteiger charge is -2.07. The molecule has 1 aromatic heterocycles. The van der Waals surface area contributed by atoms with Gasteiger partial charge in [-0.1, -0.05) is 0 Å². The molecule has 2 aromatic rings. The fourth-order valence-electron chi connectivity index (χ4n) is 1.65. The van der Waals surface area contributed by atoms with Crippen LogP contribution in [-0.4, -0.2) is 18.1 Å². The standard InChI is InChI=1S/C12H8F3NO2/c1-18-9(17)5-8-10-6(2-3-16-8)4-7(13)11(14)12(10)15/h2-4H,5H2,1H3. The molecule has 0 N–H and O–H groups in total. The zero-order valence-corrected chi connectivity index (χ0v) is 9.34. The molecule has 0 unspecified atom stereocenters. The summed E-state index contributed by atoms with van der Waals surface area (Å²) in [5.41, 5.74) is 0.00995. The molecular formula is C12H8F3NO2. The van der Waals surface area contributed by atoms with Crippen LogP contribution in [0.3, 0.4) is 0 Å². The molecule has 0 aliphatic rings. The number of aromatic nitrogens is 1. The van der Waals surface area contributed by atoms with Crippen molar-refractivity contribution in [2.75, 3.05) is 7.11 Å². The number of methoxy groups -OCH3 is 1. The van der Waals surface area contributed by atoms with Gasteiger partial charge in [0, 0.05) is 11.6 Å². The summed E-state index contributed by atoms with van der Waals surface area (Å²) in [6.07, 6.45) is 0.979. The summed E-state index contributed by atoms with van der Waals surface area (Å²) in [6, 6.07) is 2.19. The summed E-state index contributed by atoms with van der Waals surface area (Å²) < 4.78 is 44.3. The third-order valence-electron chi connectivity index (χ3n) is 2.51. The topological polar surface area (TPSA) is 39.2 Å². The summed E-state index contributed by atoms with van der Waals surface area (Å²) in [7, 11) is 1.17. The van der Waals surface area contributed by atoms with Crippen molar-refractivity contribution in [3.63, 3.8) is 0 Å². The van der Waals surface area contributed by atoms with Crippen LogP contribution in [0.5, 0.6) is 0 Å². The molecule has 0 amide bonds. The Labute approximate surface area is 100 Å². The second-order valence-corrected chi connectivity index (χ2v) is 3.60. The van der Waals surface area contributed by atoms with Gasteiger partial charge in [0.2, 0.25) is 0 Å². The average Bonchev–Trinajstić information content (AvgIpc) is 2.35. The van der Waals surface area contributed by atoms with Gasteiger partial charge in [0.15, 0.2) is 17.5 Å². The Morgan fingerprint density at radius 1 is 1.33 bits per heavy atom. The van der Waals surface area contributed by atoms with Gasteiger partial charge in [-0.15, -0.1) is 0 Å². The van der Waals surface area contributed by atoms with E-state index in [0.717, 1.165) is 6.07 Å². The lowest BCUT2D eigenvalue weighted by molar-refractivity contribution is -0.139. The van der Waals surface area contributed by atoms with E-state index in [1.807, 2.05) is 0 Å².